The van der Waals surface area contributed by atoms with Crippen LogP contribution >= 0.6 is 0 Å². The predicted molar refractivity (Wildman–Crippen MR) is 74.1 cm³/mol. The Morgan fingerprint density at radius 1 is 1.00 bits per heavy atom. The number of ether oxygens (including phenoxy) is 3. The minimum absolute atomic E-state index is 0.0393. The first-order valence-corrected chi connectivity index (χ1v) is 6.57. The van der Waals surface area contributed by atoms with Gasteiger partial charge < -0.3 is 19.3 Å². The Bertz CT molecular complexity index is 578. The molecule has 0 aromatic heterocycles. The minimum atomic E-state index is 0.0393. The van der Waals surface area contributed by atoms with E-state index >= 15 is 0 Å². The number of para-hydroxylation sites is 1. The summed E-state index contributed by atoms with van der Waals surface area (Å²) in [5, 5.41) is 9.00. The normalized spacial score (nSPS) is 13.1. The van der Waals surface area contributed by atoms with Crippen molar-refractivity contribution in [1.29, 1.82) is 0 Å². The van der Waals surface area contributed by atoms with Gasteiger partial charge in [0.2, 0.25) is 0 Å². The van der Waals surface area contributed by atoms with Gasteiger partial charge in [-0.2, -0.15) is 0 Å². The first-order chi connectivity index (χ1) is 9.86. The second-order valence-corrected chi connectivity index (χ2v) is 4.53. The summed E-state index contributed by atoms with van der Waals surface area (Å²) in [7, 11) is 0. The molecule has 4 heteroatoms. The maximum atomic E-state index is 9.00. The smallest absolute Gasteiger partial charge is 0.167 e. The number of fused-ring (bicyclic) bond motifs is 1. The van der Waals surface area contributed by atoms with E-state index in [0.717, 1.165) is 28.4 Å². The van der Waals surface area contributed by atoms with Crippen LogP contribution in [0.4, 0.5) is 0 Å². The molecule has 1 heterocycles. The SMILES string of the molecule is OCc1ccc(OCc2cccc3c2OCCO3)cc1. The summed E-state index contributed by atoms with van der Waals surface area (Å²) in [6.45, 7) is 1.61. The summed E-state index contributed by atoms with van der Waals surface area (Å²) in [5.74, 6) is 2.30. The van der Waals surface area contributed by atoms with Crippen LogP contribution < -0.4 is 14.2 Å². The third kappa shape index (κ3) is 2.70. The van der Waals surface area contributed by atoms with Gasteiger partial charge in [0.25, 0.3) is 0 Å². The van der Waals surface area contributed by atoms with Crippen molar-refractivity contribution in [2.45, 2.75) is 13.2 Å². The lowest BCUT2D eigenvalue weighted by atomic mass is 10.2. The first-order valence-electron chi connectivity index (χ1n) is 6.57. The van der Waals surface area contributed by atoms with Crippen molar-refractivity contribution in [1.82, 2.24) is 0 Å². The molecule has 0 radical (unpaired) electrons. The molecule has 0 saturated carbocycles. The fourth-order valence-electron chi connectivity index (χ4n) is 2.10. The molecule has 0 amide bonds. The Kier molecular flexibility index (Phi) is 3.74. The molecule has 0 spiro atoms. The van der Waals surface area contributed by atoms with Crippen molar-refractivity contribution in [3.63, 3.8) is 0 Å². The maximum absolute atomic E-state index is 9.00. The summed E-state index contributed by atoms with van der Waals surface area (Å²) in [5.41, 5.74) is 1.83. The highest BCUT2D eigenvalue weighted by Crippen LogP contribution is 2.34. The number of rotatable bonds is 4. The highest BCUT2D eigenvalue weighted by Gasteiger charge is 2.15. The lowest BCUT2D eigenvalue weighted by Gasteiger charge is -2.21. The number of benzene rings is 2. The van der Waals surface area contributed by atoms with Crippen molar-refractivity contribution >= 4 is 0 Å². The van der Waals surface area contributed by atoms with E-state index in [0.29, 0.717) is 19.8 Å². The van der Waals surface area contributed by atoms with E-state index in [1.54, 1.807) is 0 Å². The van der Waals surface area contributed by atoms with E-state index in [-0.39, 0.29) is 6.61 Å². The molecule has 0 saturated heterocycles. The van der Waals surface area contributed by atoms with Gasteiger partial charge in [0.05, 0.1) is 6.61 Å². The number of aliphatic hydroxyl groups excluding tert-OH is 1. The van der Waals surface area contributed by atoms with Crippen LogP contribution in [0, 0.1) is 0 Å². The van der Waals surface area contributed by atoms with Crippen molar-refractivity contribution < 1.29 is 19.3 Å². The maximum Gasteiger partial charge on any atom is 0.167 e. The topological polar surface area (TPSA) is 47.9 Å². The Balaban J connectivity index is 1.71. The van der Waals surface area contributed by atoms with E-state index in [1.807, 2.05) is 42.5 Å². The average Bonchev–Trinajstić information content (AvgIpc) is 2.53. The van der Waals surface area contributed by atoms with Crippen LogP contribution in [-0.2, 0) is 13.2 Å². The fourth-order valence-corrected chi connectivity index (χ4v) is 2.10. The van der Waals surface area contributed by atoms with Gasteiger partial charge in [-0.25, -0.2) is 0 Å². The molecule has 1 N–H and O–H groups in total. The molecule has 2 aromatic rings. The monoisotopic (exact) mass is 272 g/mol. The first kappa shape index (κ1) is 12.8. The lowest BCUT2D eigenvalue weighted by Crippen LogP contribution is -2.17. The van der Waals surface area contributed by atoms with Crippen molar-refractivity contribution in [3.8, 4) is 17.2 Å². The summed E-state index contributed by atoms with van der Waals surface area (Å²) in [6, 6.07) is 13.2. The van der Waals surface area contributed by atoms with Crippen LogP contribution in [0.1, 0.15) is 11.1 Å². The molecule has 104 valence electrons. The average molecular weight is 272 g/mol. The standard InChI is InChI=1S/C16H16O4/c17-10-12-4-6-14(7-5-12)20-11-13-2-1-3-15-16(13)19-9-8-18-15/h1-7,17H,8-11H2. The molecule has 0 atom stereocenters. The predicted octanol–water partition coefficient (Wildman–Crippen LogP) is 2.53. The zero-order chi connectivity index (χ0) is 13.8. The quantitative estimate of drug-likeness (QED) is 0.929. The molecule has 2 aromatic carbocycles. The lowest BCUT2D eigenvalue weighted by molar-refractivity contribution is 0.166. The van der Waals surface area contributed by atoms with Crippen LogP contribution in [-0.4, -0.2) is 18.3 Å². The van der Waals surface area contributed by atoms with E-state index < -0.39 is 0 Å². The second kappa shape index (κ2) is 5.84. The van der Waals surface area contributed by atoms with Crippen LogP contribution in [0.5, 0.6) is 17.2 Å². The molecular formula is C16H16O4. The Morgan fingerprint density at radius 2 is 1.80 bits per heavy atom. The van der Waals surface area contributed by atoms with Crippen molar-refractivity contribution in [2.75, 3.05) is 13.2 Å². The highest BCUT2D eigenvalue weighted by molar-refractivity contribution is 5.47. The van der Waals surface area contributed by atoms with Crippen LogP contribution in [0.3, 0.4) is 0 Å². The van der Waals surface area contributed by atoms with Crippen LogP contribution in [0.25, 0.3) is 0 Å². The molecule has 0 aliphatic carbocycles. The molecular weight excluding hydrogens is 256 g/mol. The van der Waals surface area contributed by atoms with Gasteiger partial charge >= 0.3 is 0 Å². The second-order valence-electron chi connectivity index (χ2n) is 4.53. The fraction of sp³-hybridized carbons (Fsp3) is 0.250. The summed E-state index contributed by atoms with van der Waals surface area (Å²) in [4.78, 5) is 0. The van der Waals surface area contributed by atoms with Gasteiger partial charge in [0.15, 0.2) is 11.5 Å². The molecule has 1 aliphatic rings. The van der Waals surface area contributed by atoms with Gasteiger partial charge in [-0.15, -0.1) is 0 Å². The third-order valence-electron chi connectivity index (χ3n) is 3.15. The molecule has 0 unspecified atom stereocenters. The van der Waals surface area contributed by atoms with Gasteiger partial charge in [0.1, 0.15) is 25.6 Å². The Morgan fingerprint density at radius 3 is 2.60 bits per heavy atom. The number of hydrogen-bond acceptors (Lipinski definition) is 4. The van der Waals surface area contributed by atoms with Gasteiger partial charge in [-0.3, -0.25) is 0 Å². The number of hydrogen-bond donors (Lipinski definition) is 1. The van der Waals surface area contributed by atoms with Gasteiger partial charge in [0, 0.05) is 5.56 Å². The molecule has 1 aliphatic heterocycles. The van der Waals surface area contributed by atoms with Gasteiger partial charge in [-0.05, 0) is 23.8 Å². The van der Waals surface area contributed by atoms with Crippen LogP contribution in [0.2, 0.25) is 0 Å². The van der Waals surface area contributed by atoms with E-state index in [9.17, 15) is 0 Å². The van der Waals surface area contributed by atoms with Gasteiger partial charge in [-0.1, -0.05) is 24.3 Å². The molecule has 0 bridgehead atoms. The Labute approximate surface area is 117 Å². The Hall–Kier alpha value is -2.20. The molecule has 0 fully saturated rings. The van der Waals surface area contributed by atoms with Crippen molar-refractivity contribution in [3.05, 3.63) is 53.6 Å². The highest BCUT2D eigenvalue weighted by atomic mass is 16.6. The van der Waals surface area contributed by atoms with E-state index in [2.05, 4.69) is 0 Å². The molecule has 4 nitrogen and oxygen atoms in total. The summed E-state index contributed by atoms with van der Waals surface area (Å²) < 4.78 is 16.9. The van der Waals surface area contributed by atoms with Crippen LogP contribution in [0.15, 0.2) is 42.5 Å². The van der Waals surface area contributed by atoms with E-state index in [4.69, 9.17) is 19.3 Å². The third-order valence-corrected chi connectivity index (χ3v) is 3.15. The molecule has 3 rings (SSSR count). The molecule has 20 heavy (non-hydrogen) atoms. The zero-order valence-electron chi connectivity index (χ0n) is 11.0. The number of aliphatic hydroxyl groups is 1. The summed E-state index contributed by atoms with van der Waals surface area (Å²) >= 11 is 0. The van der Waals surface area contributed by atoms with Crippen molar-refractivity contribution in [2.24, 2.45) is 0 Å². The largest absolute Gasteiger partial charge is 0.489 e. The zero-order valence-corrected chi connectivity index (χ0v) is 11.0. The van der Waals surface area contributed by atoms with E-state index in [1.165, 1.54) is 0 Å². The summed E-state index contributed by atoms with van der Waals surface area (Å²) in [6.07, 6.45) is 0. The minimum Gasteiger partial charge on any atom is -0.489 e.